The van der Waals surface area contributed by atoms with E-state index < -0.39 is 23.4 Å². The lowest BCUT2D eigenvalue weighted by atomic mass is 10.1. The van der Waals surface area contributed by atoms with Gasteiger partial charge in [0, 0.05) is 19.4 Å². The first-order chi connectivity index (χ1) is 10.9. The third-order valence-electron chi connectivity index (χ3n) is 4.25. The molecule has 3 rings (SSSR count). The molecule has 23 heavy (non-hydrogen) atoms. The van der Waals surface area contributed by atoms with Crippen LogP contribution in [0.25, 0.3) is 0 Å². The summed E-state index contributed by atoms with van der Waals surface area (Å²) < 4.78 is 50.3. The predicted molar refractivity (Wildman–Crippen MR) is 75.8 cm³/mol. The van der Waals surface area contributed by atoms with E-state index in [2.05, 4.69) is 5.32 Å². The van der Waals surface area contributed by atoms with E-state index in [4.69, 9.17) is 9.47 Å². The molecule has 1 aliphatic heterocycles. The van der Waals surface area contributed by atoms with Crippen LogP contribution in [0.15, 0.2) is 24.3 Å². The van der Waals surface area contributed by atoms with Gasteiger partial charge in [0.05, 0.1) is 17.7 Å². The van der Waals surface area contributed by atoms with Gasteiger partial charge in [-0.2, -0.15) is 13.2 Å². The number of hydrogen-bond donors (Lipinski definition) is 1. The van der Waals surface area contributed by atoms with Crippen molar-refractivity contribution in [2.24, 2.45) is 0 Å². The number of alkyl halides is 3. The molecule has 1 amide bonds. The Labute approximate surface area is 132 Å². The van der Waals surface area contributed by atoms with Gasteiger partial charge in [-0.15, -0.1) is 0 Å². The van der Waals surface area contributed by atoms with E-state index in [0.717, 1.165) is 31.7 Å². The van der Waals surface area contributed by atoms with Crippen molar-refractivity contribution in [3.05, 3.63) is 35.4 Å². The highest BCUT2D eigenvalue weighted by Crippen LogP contribution is 2.39. The number of carbonyl (C=O) groups excluding carboxylic acids is 1. The smallest absolute Gasteiger partial charge is 0.349 e. The Kier molecular flexibility index (Phi) is 4.33. The summed E-state index contributed by atoms with van der Waals surface area (Å²) in [4.78, 5) is 12.1. The predicted octanol–water partition coefficient (Wildman–Crippen LogP) is 3.12. The minimum atomic E-state index is -4.56. The van der Waals surface area contributed by atoms with Crippen molar-refractivity contribution < 1.29 is 27.4 Å². The molecule has 1 heterocycles. The van der Waals surface area contributed by atoms with Gasteiger partial charge in [-0.05, 0) is 25.0 Å². The first kappa shape index (κ1) is 16.3. The summed E-state index contributed by atoms with van der Waals surface area (Å²) >= 11 is 0. The van der Waals surface area contributed by atoms with Gasteiger partial charge in [0.2, 0.25) is 0 Å². The largest absolute Gasteiger partial charge is 0.417 e. The molecule has 0 radical (unpaired) electrons. The highest BCUT2D eigenvalue weighted by Gasteiger charge is 2.43. The summed E-state index contributed by atoms with van der Waals surface area (Å²) in [5.74, 6) is -1.30. The minimum absolute atomic E-state index is 0.132. The van der Waals surface area contributed by atoms with E-state index in [1.165, 1.54) is 18.2 Å². The molecule has 0 aromatic heterocycles. The molecule has 126 valence electrons. The Morgan fingerprint density at radius 2 is 1.96 bits per heavy atom. The van der Waals surface area contributed by atoms with Gasteiger partial charge in [-0.1, -0.05) is 12.1 Å². The van der Waals surface area contributed by atoms with Crippen LogP contribution >= 0.6 is 0 Å². The number of halogens is 3. The van der Waals surface area contributed by atoms with Crippen LogP contribution in [0.1, 0.15) is 41.6 Å². The van der Waals surface area contributed by atoms with Crippen molar-refractivity contribution in [3.63, 3.8) is 0 Å². The fraction of sp³-hybridized carbons (Fsp3) is 0.562. The number of amides is 1. The Morgan fingerprint density at radius 1 is 1.26 bits per heavy atom. The molecule has 1 spiro atoms. The second-order valence-corrected chi connectivity index (χ2v) is 5.92. The Hall–Kier alpha value is -1.60. The molecular weight excluding hydrogens is 311 g/mol. The molecule has 1 saturated heterocycles. The van der Waals surface area contributed by atoms with Gasteiger partial charge in [-0.3, -0.25) is 4.79 Å². The number of carbonyl (C=O) groups is 1. The Bertz CT molecular complexity index is 582. The maximum absolute atomic E-state index is 12.9. The topological polar surface area (TPSA) is 47.6 Å². The first-order valence-electron chi connectivity index (χ1n) is 7.66. The standard InChI is InChI=1S/C16H18F3NO3/c17-16(18,19)13-6-2-1-5-12(13)14(21)20-9-11-10-22-15(23-11)7-3-4-8-15/h1-2,5-6,11H,3-4,7-10H2,(H,20,21)/t11-/m1/s1. The molecule has 0 unspecified atom stereocenters. The van der Waals surface area contributed by atoms with Gasteiger partial charge >= 0.3 is 6.18 Å². The zero-order valence-electron chi connectivity index (χ0n) is 12.5. The minimum Gasteiger partial charge on any atom is -0.349 e. The summed E-state index contributed by atoms with van der Waals surface area (Å²) in [7, 11) is 0. The van der Waals surface area contributed by atoms with Crippen LogP contribution < -0.4 is 5.32 Å². The number of hydrogen-bond acceptors (Lipinski definition) is 3. The molecular formula is C16H18F3NO3. The van der Waals surface area contributed by atoms with Crippen molar-refractivity contribution in [1.29, 1.82) is 0 Å². The van der Waals surface area contributed by atoms with Crippen molar-refractivity contribution in [3.8, 4) is 0 Å². The van der Waals surface area contributed by atoms with E-state index in [1.54, 1.807) is 0 Å². The molecule has 1 aromatic rings. The van der Waals surface area contributed by atoms with Crippen molar-refractivity contribution in [1.82, 2.24) is 5.32 Å². The third-order valence-corrected chi connectivity index (χ3v) is 4.25. The van der Waals surface area contributed by atoms with E-state index >= 15 is 0 Å². The quantitative estimate of drug-likeness (QED) is 0.927. The summed E-state index contributed by atoms with van der Waals surface area (Å²) in [6.45, 7) is 0.480. The zero-order valence-corrected chi connectivity index (χ0v) is 12.5. The fourth-order valence-electron chi connectivity index (χ4n) is 3.12. The maximum atomic E-state index is 12.9. The molecule has 1 aromatic carbocycles. The van der Waals surface area contributed by atoms with Crippen LogP contribution in [0.3, 0.4) is 0 Å². The molecule has 4 nitrogen and oxygen atoms in total. The lowest BCUT2D eigenvalue weighted by Gasteiger charge is -2.22. The number of ether oxygens (including phenoxy) is 2. The van der Waals surface area contributed by atoms with Gasteiger partial charge in [0.15, 0.2) is 5.79 Å². The second-order valence-electron chi connectivity index (χ2n) is 5.92. The van der Waals surface area contributed by atoms with E-state index in [-0.39, 0.29) is 18.2 Å². The summed E-state index contributed by atoms with van der Waals surface area (Å²) in [6, 6.07) is 4.74. The lowest BCUT2D eigenvalue weighted by molar-refractivity contribution is -0.161. The molecule has 2 fully saturated rings. The molecule has 1 atom stereocenters. The molecule has 2 aliphatic rings. The monoisotopic (exact) mass is 329 g/mol. The number of benzene rings is 1. The number of rotatable bonds is 3. The second kappa shape index (κ2) is 6.13. The highest BCUT2D eigenvalue weighted by atomic mass is 19.4. The van der Waals surface area contributed by atoms with Crippen molar-refractivity contribution in [2.45, 2.75) is 43.8 Å². The van der Waals surface area contributed by atoms with Crippen LogP contribution in [0.5, 0.6) is 0 Å². The first-order valence-corrected chi connectivity index (χ1v) is 7.66. The Balaban J connectivity index is 1.60. The third kappa shape index (κ3) is 3.50. The summed E-state index contributed by atoms with van der Waals surface area (Å²) in [5, 5.41) is 2.52. The molecule has 1 N–H and O–H groups in total. The Morgan fingerprint density at radius 3 is 2.65 bits per heavy atom. The highest BCUT2D eigenvalue weighted by molar-refractivity contribution is 5.95. The van der Waals surface area contributed by atoms with E-state index in [0.29, 0.717) is 6.61 Å². The van der Waals surface area contributed by atoms with Crippen molar-refractivity contribution in [2.75, 3.05) is 13.2 Å². The molecule has 0 bridgehead atoms. The van der Waals surface area contributed by atoms with E-state index in [1.807, 2.05) is 0 Å². The molecule has 1 aliphatic carbocycles. The molecule has 1 saturated carbocycles. The zero-order chi connectivity index (χ0) is 16.5. The number of nitrogens with one attached hydrogen (secondary N) is 1. The lowest BCUT2D eigenvalue weighted by Crippen LogP contribution is -2.35. The average Bonchev–Trinajstić information content (AvgIpc) is 3.14. The summed E-state index contributed by atoms with van der Waals surface area (Å²) in [6.07, 6.45) is -1.15. The van der Waals surface area contributed by atoms with Crippen LogP contribution in [0, 0.1) is 0 Å². The molecule has 7 heteroatoms. The summed E-state index contributed by atoms with van der Waals surface area (Å²) in [5.41, 5.74) is -1.32. The van der Waals surface area contributed by atoms with E-state index in [9.17, 15) is 18.0 Å². The fourth-order valence-corrected chi connectivity index (χ4v) is 3.12. The maximum Gasteiger partial charge on any atom is 0.417 e. The van der Waals surface area contributed by atoms with Gasteiger partial charge in [0.25, 0.3) is 5.91 Å². The van der Waals surface area contributed by atoms with Crippen LogP contribution in [-0.2, 0) is 15.7 Å². The van der Waals surface area contributed by atoms with Crippen LogP contribution in [0.2, 0.25) is 0 Å². The van der Waals surface area contributed by atoms with Gasteiger partial charge < -0.3 is 14.8 Å². The average molecular weight is 329 g/mol. The van der Waals surface area contributed by atoms with Crippen LogP contribution in [-0.4, -0.2) is 30.9 Å². The van der Waals surface area contributed by atoms with Gasteiger partial charge in [0.1, 0.15) is 6.10 Å². The van der Waals surface area contributed by atoms with Crippen LogP contribution in [0.4, 0.5) is 13.2 Å². The normalized spacial score (nSPS) is 23.3. The SMILES string of the molecule is O=C(NC[C@@H]1COC2(CCCC2)O1)c1ccccc1C(F)(F)F. The van der Waals surface area contributed by atoms with Gasteiger partial charge in [-0.25, -0.2) is 0 Å². The van der Waals surface area contributed by atoms with Crippen molar-refractivity contribution >= 4 is 5.91 Å².